The summed E-state index contributed by atoms with van der Waals surface area (Å²) in [5.74, 6) is -0.00224. The van der Waals surface area contributed by atoms with Gasteiger partial charge in [-0.25, -0.2) is 0 Å². The highest BCUT2D eigenvalue weighted by Crippen LogP contribution is 2.60. The lowest BCUT2D eigenvalue weighted by Crippen LogP contribution is -2.46. The predicted octanol–water partition coefficient (Wildman–Crippen LogP) is 5.08. The number of aliphatic hydroxyl groups is 1. The zero-order chi connectivity index (χ0) is 31.2. The van der Waals surface area contributed by atoms with Crippen LogP contribution in [0.2, 0.25) is 18.6 Å². The molecule has 2 aliphatic rings. The van der Waals surface area contributed by atoms with Crippen LogP contribution < -0.4 is 15.0 Å². The molecule has 10 heteroatoms. The first kappa shape index (κ1) is 30.1. The predicted molar refractivity (Wildman–Crippen MR) is 172 cm³/mol. The Hall–Kier alpha value is -3.96. The molecule has 0 unspecified atom stereocenters. The first-order chi connectivity index (χ1) is 21.1. The number of aliphatic hydroxyl groups excluding tert-OH is 1. The molecule has 0 bridgehead atoms. The molecule has 0 saturated carbocycles. The van der Waals surface area contributed by atoms with E-state index in [2.05, 4.69) is 10.3 Å². The largest absolute Gasteiger partial charge is 0.497 e. The number of para-hydroxylation sites is 1. The average molecular weight is 614 g/mol. The van der Waals surface area contributed by atoms with Crippen molar-refractivity contribution in [2.75, 3.05) is 23.9 Å². The number of rotatable bonds is 9. The van der Waals surface area contributed by atoms with Gasteiger partial charge < -0.3 is 34.6 Å². The summed E-state index contributed by atoms with van der Waals surface area (Å²) in [6.07, 6.45) is 2.01. The highest BCUT2D eigenvalue weighted by atomic mass is 28.4. The van der Waals surface area contributed by atoms with Gasteiger partial charge in [-0.3, -0.25) is 9.59 Å². The van der Waals surface area contributed by atoms with Crippen LogP contribution in [0.15, 0.2) is 72.9 Å². The molecule has 1 aromatic heterocycles. The number of carbonyl (C=O) groups excluding carboxylic acids is 2. The zero-order valence-corrected chi connectivity index (χ0v) is 26.5. The lowest BCUT2D eigenvalue weighted by Gasteiger charge is -2.32. The van der Waals surface area contributed by atoms with Crippen molar-refractivity contribution in [2.45, 2.75) is 56.7 Å². The van der Waals surface area contributed by atoms with Crippen molar-refractivity contribution < 1.29 is 29.0 Å². The van der Waals surface area contributed by atoms with Crippen LogP contribution in [0.1, 0.15) is 30.0 Å². The maximum Gasteiger partial charge on any atom is 0.264 e. The van der Waals surface area contributed by atoms with E-state index in [1.807, 2.05) is 92.9 Å². The topological polar surface area (TPSA) is 124 Å². The number of fused-ring (bicyclic) bond motifs is 3. The molecule has 3 aromatic carbocycles. The van der Waals surface area contributed by atoms with E-state index in [1.54, 1.807) is 12.0 Å². The van der Waals surface area contributed by atoms with E-state index in [-0.39, 0.29) is 36.3 Å². The van der Waals surface area contributed by atoms with Gasteiger partial charge >= 0.3 is 0 Å². The van der Waals surface area contributed by atoms with Gasteiger partial charge in [-0.1, -0.05) is 37.3 Å². The Balaban J connectivity index is 1.24. The number of hydrogen-bond donors (Lipinski definition) is 4. The number of nitrogens with one attached hydrogen (secondary N) is 2. The summed E-state index contributed by atoms with van der Waals surface area (Å²) in [7, 11) is -1.19. The van der Waals surface area contributed by atoms with Gasteiger partial charge in [0.25, 0.3) is 5.91 Å². The van der Waals surface area contributed by atoms with Gasteiger partial charge in [-0.2, -0.15) is 0 Å². The van der Waals surface area contributed by atoms with Crippen LogP contribution >= 0.6 is 0 Å². The van der Waals surface area contributed by atoms with E-state index in [0.29, 0.717) is 24.4 Å². The van der Waals surface area contributed by atoms with Gasteiger partial charge in [0.05, 0.1) is 31.9 Å². The van der Waals surface area contributed by atoms with E-state index in [4.69, 9.17) is 9.47 Å². The fraction of sp³-hybridized carbons (Fsp3) is 0.353. The Labute approximate surface area is 257 Å². The van der Waals surface area contributed by atoms with E-state index >= 15 is 0 Å². The first-order valence-corrected chi connectivity index (χ1v) is 18.0. The van der Waals surface area contributed by atoms with Crippen LogP contribution in [0.5, 0.6) is 5.75 Å². The molecule has 3 heterocycles. The monoisotopic (exact) mass is 613 g/mol. The van der Waals surface area contributed by atoms with Crippen molar-refractivity contribution in [1.82, 2.24) is 4.98 Å². The first-order valence-electron chi connectivity index (χ1n) is 15.0. The third kappa shape index (κ3) is 5.11. The van der Waals surface area contributed by atoms with Crippen molar-refractivity contribution in [3.8, 4) is 5.75 Å². The van der Waals surface area contributed by atoms with Crippen LogP contribution in [-0.4, -0.2) is 54.8 Å². The molecule has 4 atom stereocenters. The number of amides is 2. The van der Waals surface area contributed by atoms with E-state index in [9.17, 15) is 19.5 Å². The lowest BCUT2D eigenvalue weighted by atomic mass is 9.82. The molecule has 2 aliphatic heterocycles. The second-order valence-corrected chi connectivity index (χ2v) is 16.4. The van der Waals surface area contributed by atoms with Gasteiger partial charge in [-0.05, 0) is 67.0 Å². The molecule has 44 heavy (non-hydrogen) atoms. The molecule has 0 aliphatic carbocycles. The number of benzene rings is 3. The molecule has 1 fully saturated rings. The molecule has 4 aromatic rings. The average Bonchev–Trinajstić information content (AvgIpc) is 3.61. The Bertz CT molecular complexity index is 1700. The molecule has 1 saturated heterocycles. The van der Waals surface area contributed by atoms with E-state index in [1.165, 1.54) is 0 Å². The second-order valence-electron chi connectivity index (χ2n) is 12.4. The minimum Gasteiger partial charge on any atom is -0.497 e. The summed E-state index contributed by atoms with van der Waals surface area (Å²) in [6.45, 7) is 5.92. The second kappa shape index (κ2) is 11.5. The number of methoxy groups -OCH3 is 1. The Morgan fingerprint density at radius 2 is 1.89 bits per heavy atom. The number of ether oxygens (including phenoxy) is 2. The van der Waals surface area contributed by atoms with Gasteiger partial charge in [0.15, 0.2) is 13.9 Å². The van der Waals surface area contributed by atoms with Gasteiger partial charge in [0.1, 0.15) is 5.75 Å². The van der Waals surface area contributed by atoms with Crippen LogP contribution in [-0.2, 0) is 32.9 Å². The summed E-state index contributed by atoms with van der Waals surface area (Å²) >= 11 is 0. The maximum absolute atomic E-state index is 14.5. The number of H-pyrrole nitrogens is 1. The summed E-state index contributed by atoms with van der Waals surface area (Å²) in [4.78, 5) is 43.5. The van der Waals surface area contributed by atoms with Crippen LogP contribution in [0.4, 0.5) is 11.4 Å². The summed E-state index contributed by atoms with van der Waals surface area (Å²) < 4.78 is 12.2. The number of nitrogens with zero attached hydrogens (tertiary/aromatic N) is 1. The fourth-order valence-corrected chi connectivity index (χ4v) is 9.87. The van der Waals surface area contributed by atoms with Gasteiger partial charge in [0.2, 0.25) is 5.91 Å². The number of aromatic amines is 1. The quantitative estimate of drug-likeness (QED) is 0.195. The lowest BCUT2D eigenvalue weighted by molar-refractivity contribution is -0.146. The maximum atomic E-state index is 14.5. The third-order valence-electron chi connectivity index (χ3n) is 9.21. The van der Waals surface area contributed by atoms with E-state index in [0.717, 1.165) is 33.3 Å². The highest BCUT2D eigenvalue weighted by Gasteiger charge is 2.66. The minimum absolute atomic E-state index is 0.0953. The summed E-state index contributed by atoms with van der Waals surface area (Å²) in [5.41, 5.74) is 3.41. The molecule has 4 N–H and O–H groups in total. The molecular weight excluding hydrogens is 574 g/mol. The Morgan fingerprint density at radius 1 is 1.14 bits per heavy atom. The van der Waals surface area contributed by atoms with Crippen molar-refractivity contribution in [1.29, 1.82) is 0 Å². The van der Waals surface area contributed by atoms with Gasteiger partial charge in [-0.15, -0.1) is 0 Å². The van der Waals surface area contributed by atoms with Crippen molar-refractivity contribution in [3.63, 3.8) is 0 Å². The molecule has 6 rings (SSSR count). The number of carbonyl (C=O) groups is 2. The summed E-state index contributed by atoms with van der Waals surface area (Å²) in [6, 6.07) is 21.0. The highest BCUT2D eigenvalue weighted by molar-refractivity contribution is 6.71. The molecule has 0 radical (unpaired) electrons. The smallest absolute Gasteiger partial charge is 0.264 e. The number of aromatic nitrogens is 1. The fourth-order valence-electron chi connectivity index (χ4n) is 7.27. The van der Waals surface area contributed by atoms with Crippen LogP contribution in [0.3, 0.4) is 0 Å². The molecule has 9 nitrogen and oxygen atoms in total. The standard InChI is InChI=1S/C34H39N3O6Si/c1-21-32(44(3,4)41)30(15-16-38)43-34(21)27-18-25(42-2)13-14-29(27)37(33(34)40)20-22-9-11-24(12-10-22)36-31(39)17-23-19-35-28-8-6-5-7-26(23)28/h5-14,18-19,21,30,32,35,38,41H,15-17,20H2,1-4H3,(H,36,39)/t21-,30+,32-,34+/m1/s1. The number of hydrogen-bond acceptors (Lipinski definition) is 6. The molecular formula is C34H39N3O6Si. The van der Waals surface area contributed by atoms with Gasteiger partial charge in [0, 0.05) is 46.4 Å². The minimum atomic E-state index is -2.78. The van der Waals surface area contributed by atoms with Crippen molar-refractivity contribution in [2.24, 2.45) is 5.92 Å². The van der Waals surface area contributed by atoms with Crippen molar-refractivity contribution in [3.05, 3.63) is 89.6 Å². The van der Waals surface area contributed by atoms with Crippen molar-refractivity contribution >= 4 is 42.4 Å². The molecule has 1 spiro atoms. The molecule has 2 amide bonds. The zero-order valence-electron chi connectivity index (χ0n) is 25.5. The Kier molecular flexibility index (Phi) is 7.87. The van der Waals surface area contributed by atoms with Crippen LogP contribution in [0.25, 0.3) is 10.9 Å². The van der Waals surface area contributed by atoms with E-state index < -0.39 is 20.0 Å². The third-order valence-corrected chi connectivity index (χ3v) is 11.7. The Morgan fingerprint density at radius 3 is 2.59 bits per heavy atom. The van der Waals surface area contributed by atoms with Crippen LogP contribution in [0, 0.1) is 5.92 Å². The number of anilines is 2. The SMILES string of the molecule is COc1ccc2c(c1)[C@]1(O[C@@H](CCO)[C@H]([Si](C)(C)O)[C@H]1C)C(=O)N2Cc1ccc(NC(=O)Cc2c[nH]c3ccccc23)cc1. The molecule has 230 valence electrons. The summed E-state index contributed by atoms with van der Waals surface area (Å²) in [5, 5.41) is 13.8. The normalized spacial score (nSPS) is 23.0.